The Morgan fingerprint density at radius 2 is 1.74 bits per heavy atom. The molecule has 0 unspecified atom stereocenters. The molecule has 2 aromatic carbocycles. The minimum absolute atomic E-state index is 0.229. The van der Waals surface area contributed by atoms with Gasteiger partial charge in [0.1, 0.15) is 5.75 Å². The molecule has 1 aliphatic heterocycles. The molecule has 1 heterocycles. The van der Waals surface area contributed by atoms with E-state index in [4.69, 9.17) is 4.74 Å². The number of carbonyl (C=O) groups is 1. The number of benzene rings is 2. The van der Waals surface area contributed by atoms with Gasteiger partial charge in [0.25, 0.3) is 0 Å². The number of aryl methyl sites for hydroxylation is 1. The molecule has 0 saturated carbocycles. The van der Waals surface area contributed by atoms with Gasteiger partial charge in [-0.25, -0.2) is 0 Å². The first-order chi connectivity index (χ1) is 13.2. The van der Waals surface area contributed by atoms with Crippen molar-refractivity contribution in [1.29, 1.82) is 0 Å². The van der Waals surface area contributed by atoms with E-state index in [0.29, 0.717) is 13.0 Å². The summed E-state index contributed by atoms with van der Waals surface area (Å²) in [6.45, 7) is 6.82. The molecule has 0 radical (unpaired) electrons. The first-order valence-electron chi connectivity index (χ1n) is 9.60. The SMILES string of the molecule is COc1ccccc1N1CCN(C(=O)CCNCc2ccccc2C)CC1. The molecule has 2 aromatic rings. The molecule has 5 heteroatoms. The summed E-state index contributed by atoms with van der Waals surface area (Å²) in [5.41, 5.74) is 3.67. The van der Waals surface area contributed by atoms with Crippen LogP contribution in [0.1, 0.15) is 17.5 Å². The van der Waals surface area contributed by atoms with Crippen molar-refractivity contribution in [2.24, 2.45) is 0 Å². The Morgan fingerprint density at radius 3 is 2.48 bits per heavy atom. The third-order valence-electron chi connectivity index (χ3n) is 5.15. The molecule has 1 aliphatic rings. The number of ether oxygens (including phenoxy) is 1. The lowest BCUT2D eigenvalue weighted by Gasteiger charge is -2.36. The second-order valence-electron chi connectivity index (χ2n) is 6.89. The molecule has 0 aromatic heterocycles. The van der Waals surface area contributed by atoms with Crippen molar-refractivity contribution in [2.75, 3.05) is 44.7 Å². The molecular formula is C22H29N3O2. The van der Waals surface area contributed by atoms with E-state index in [9.17, 15) is 4.79 Å². The molecule has 0 bridgehead atoms. The lowest BCUT2D eigenvalue weighted by molar-refractivity contribution is -0.131. The number of methoxy groups -OCH3 is 1. The van der Waals surface area contributed by atoms with Crippen LogP contribution in [0.25, 0.3) is 0 Å². The van der Waals surface area contributed by atoms with E-state index in [1.165, 1.54) is 11.1 Å². The van der Waals surface area contributed by atoms with Gasteiger partial charge in [-0.3, -0.25) is 4.79 Å². The molecule has 1 N–H and O–H groups in total. The van der Waals surface area contributed by atoms with E-state index in [1.54, 1.807) is 7.11 Å². The van der Waals surface area contributed by atoms with Crippen LogP contribution in [0.2, 0.25) is 0 Å². The van der Waals surface area contributed by atoms with Crippen molar-refractivity contribution in [3.63, 3.8) is 0 Å². The van der Waals surface area contributed by atoms with Crippen LogP contribution in [0.4, 0.5) is 5.69 Å². The highest BCUT2D eigenvalue weighted by molar-refractivity contribution is 5.76. The first-order valence-corrected chi connectivity index (χ1v) is 9.60. The van der Waals surface area contributed by atoms with Crippen LogP contribution in [0.15, 0.2) is 48.5 Å². The van der Waals surface area contributed by atoms with Gasteiger partial charge in [0, 0.05) is 45.7 Å². The standard InChI is InChI=1S/C22H29N3O2/c1-18-7-3-4-8-19(18)17-23-12-11-22(26)25-15-13-24(14-16-25)20-9-5-6-10-21(20)27-2/h3-10,23H,11-17H2,1-2H3. The van der Waals surface area contributed by atoms with Crippen LogP contribution in [0, 0.1) is 6.92 Å². The summed E-state index contributed by atoms with van der Waals surface area (Å²) in [5.74, 6) is 1.12. The normalized spacial score (nSPS) is 14.3. The molecule has 1 fully saturated rings. The molecule has 3 rings (SSSR count). The third-order valence-corrected chi connectivity index (χ3v) is 5.15. The maximum absolute atomic E-state index is 12.5. The highest BCUT2D eigenvalue weighted by atomic mass is 16.5. The summed E-state index contributed by atoms with van der Waals surface area (Å²) in [6.07, 6.45) is 0.542. The second-order valence-corrected chi connectivity index (χ2v) is 6.89. The summed E-state index contributed by atoms with van der Waals surface area (Å²) in [4.78, 5) is 16.7. The average molecular weight is 367 g/mol. The van der Waals surface area contributed by atoms with Crippen LogP contribution in [-0.2, 0) is 11.3 Å². The number of anilines is 1. The highest BCUT2D eigenvalue weighted by Crippen LogP contribution is 2.28. The first kappa shape index (κ1) is 19.2. The lowest BCUT2D eigenvalue weighted by atomic mass is 10.1. The number of nitrogens with one attached hydrogen (secondary N) is 1. The molecule has 0 atom stereocenters. The van der Waals surface area contributed by atoms with Crippen molar-refractivity contribution >= 4 is 11.6 Å². The summed E-state index contributed by atoms with van der Waals surface area (Å²) < 4.78 is 5.45. The molecule has 5 nitrogen and oxygen atoms in total. The van der Waals surface area contributed by atoms with Crippen LogP contribution in [0.3, 0.4) is 0 Å². The molecule has 144 valence electrons. The maximum Gasteiger partial charge on any atom is 0.223 e. The maximum atomic E-state index is 12.5. The van der Waals surface area contributed by atoms with Gasteiger partial charge in [-0.1, -0.05) is 36.4 Å². The fourth-order valence-electron chi connectivity index (χ4n) is 3.47. The summed E-state index contributed by atoms with van der Waals surface area (Å²) in [5, 5.41) is 3.39. The Bertz CT molecular complexity index is 755. The number of amides is 1. The lowest BCUT2D eigenvalue weighted by Crippen LogP contribution is -2.49. The zero-order chi connectivity index (χ0) is 19.1. The van der Waals surface area contributed by atoms with Crippen molar-refractivity contribution in [3.05, 3.63) is 59.7 Å². The van der Waals surface area contributed by atoms with E-state index < -0.39 is 0 Å². The topological polar surface area (TPSA) is 44.8 Å². The fraction of sp³-hybridized carbons (Fsp3) is 0.409. The zero-order valence-electron chi connectivity index (χ0n) is 16.3. The van der Waals surface area contributed by atoms with Crippen molar-refractivity contribution in [3.8, 4) is 5.75 Å². The van der Waals surface area contributed by atoms with Gasteiger partial charge in [0.15, 0.2) is 0 Å². The molecule has 1 saturated heterocycles. The zero-order valence-corrected chi connectivity index (χ0v) is 16.3. The van der Waals surface area contributed by atoms with Gasteiger partial charge in [-0.2, -0.15) is 0 Å². The smallest absolute Gasteiger partial charge is 0.223 e. The van der Waals surface area contributed by atoms with Gasteiger partial charge in [-0.15, -0.1) is 0 Å². The predicted molar refractivity (Wildman–Crippen MR) is 109 cm³/mol. The largest absolute Gasteiger partial charge is 0.495 e. The highest BCUT2D eigenvalue weighted by Gasteiger charge is 2.22. The number of rotatable bonds is 7. The van der Waals surface area contributed by atoms with Gasteiger partial charge in [0.05, 0.1) is 12.8 Å². The van der Waals surface area contributed by atoms with Crippen LogP contribution in [0.5, 0.6) is 5.75 Å². The quantitative estimate of drug-likeness (QED) is 0.765. The number of nitrogens with zero attached hydrogens (tertiary/aromatic N) is 2. The van der Waals surface area contributed by atoms with Crippen molar-refractivity contribution in [1.82, 2.24) is 10.2 Å². The number of para-hydroxylation sites is 2. The summed E-state index contributed by atoms with van der Waals surface area (Å²) in [6, 6.07) is 16.4. The van der Waals surface area contributed by atoms with E-state index in [-0.39, 0.29) is 5.91 Å². The van der Waals surface area contributed by atoms with E-state index in [1.807, 2.05) is 29.2 Å². The molecule has 1 amide bonds. The number of hydrogen-bond acceptors (Lipinski definition) is 4. The van der Waals surface area contributed by atoms with Gasteiger partial charge < -0.3 is 19.9 Å². The second kappa shape index (κ2) is 9.42. The van der Waals surface area contributed by atoms with Gasteiger partial charge in [0.2, 0.25) is 5.91 Å². The number of carbonyl (C=O) groups excluding carboxylic acids is 1. The van der Waals surface area contributed by atoms with Crippen molar-refractivity contribution in [2.45, 2.75) is 19.9 Å². The number of hydrogen-bond donors (Lipinski definition) is 1. The Hall–Kier alpha value is -2.53. The Balaban J connectivity index is 1.41. The van der Waals surface area contributed by atoms with Crippen LogP contribution in [-0.4, -0.2) is 50.6 Å². The van der Waals surface area contributed by atoms with Gasteiger partial charge in [-0.05, 0) is 30.2 Å². The van der Waals surface area contributed by atoms with E-state index >= 15 is 0 Å². The average Bonchev–Trinajstić information content (AvgIpc) is 2.72. The third kappa shape index (κ3) is 5.01. The predicted octanol–water partition coefficient (Wildman–Crippen LogP) is 2.83. The molecular weight excluding hydrogens is 338 g/mol. The van der Waals surface area contributed by atoms with E-state index in [2.05, 4.69) is 41.4 Å². The molecule has 27 heavy (non-hydrogen) atoms. The molecule has 0 spiro atoms. The Labute approximate surface area is 161 Å². The van der Waals surface area contributed by atoms with E-state index in [0.717, 1.165) is 44.2 Å². The minimum atomic E-state index is 0.229. The van der Waals surface area contributed by atoms with Crippen molar-refractivity contribution < 1.29 is 9.53 Å². The number of piperazine rings is 1. The molecule has 0 aliphatic carbocycles. The fourth-order valence-corrected chi connectivity index (χ4v) is 3.47. The summed E-state index contributed by atoms with van der Waals surface area (Å²) in [7, 11) is 1.70. The monoisotopic (exact) mass is 367 g/mol. The Kier molecular flexibility index (Phi) is 6.71. The van der Waals surface area contributed by atoms with Crippen LogP contribution < -0.4 is 15.0 Å². The Morgan fingerprint density at radius 1 is 1.04 bits per heavy atom. The minimum Gasteiger partial charge on any atom is -0.495 e. The summed E-state index contributed by atoms with van der Waals surface area (Å²) >= 11 is 0. The van der Waals surface area contributed by atoms with Crippen LogP contribution >= 0.6 is 0 Å². The van der Waals surface area contributed by atoms with Gasteiger partial charge >= 0.3 is 0 Å².